The number of pyridine rings is 1. The van der Waals surface area contributed by atoms with Crippen LogP contribution >= 0.6 is 11.6 Å². The van der Waals surface area contributed by atoms with Gasteiger partial charge in [0, 0.05) is 18.8 Å². The lowest BCUT2D eigenvalue weighted by Gasteiger charge is -2.11. The zero-order chi connectivity index (χ0) is 15.9. The molecule has 0 spiro atoms. The second kappa shape index (κ2) is 7.68. The molecule has 0 radical (unpaired) electrons. The molecule has 2 aromatic rings. The SMILES string of the molecule is O=C(/C=C/c1ccnc(Cl)c1)NCC(O)c1ccc(F)cc1. The zero-order valence-corrected chi connectivity index (χ0v) is 12.3. The molecule has 1 atom stereocenters. The molecule has 0 saturated carbocycles. The van der Waals surface area contributed by atoms with Gasteiger partial charge in [0.1, 0.15) is 11.0 Å². The third kappa shape index (κ3) is 4.95. The molecule has 2 rings (SSSR count). The lowest BCUT2D eigenvalue weighted by molar-refractivity contribution is -0.116. The quantitative estimate of drug-likeness (QED) is 0.658. The van der Waals surface area contributed by atoms with E-state index >= 15 is 0 Å². The van der Waals surface area contributed by atoms with Crippen molar-refractivity contribution in [2.24, 2.45) is 0 Å². The van der Waals surface area contributed by atoms with Crippen LogP contribution in [-0.4, -0.2) is 22.5 Å². The number of halogens is 2. The Balaban J connectivity index is 1.86. The molecular weight excluding hydrogens is 307 g/mol. The van der Waals surface area contributed by atoms with Gasteiger partial charge in [-0.25, -0.2) is 9.37 Å². The average Bonchev–Trinajstić information content (AvgIpc) is 2.51. The van der Waals surface area contributed by atoms with Gasteiger partial charge in [0.15, 0.2) is 0 Å². The number of aliphatic hydroxyl groups is 1. The molecule has 6 heteroatoms. The summed E-state index contributed by atoms with van der Waals surface area (Å²) in [6.07, 6.45) is 3.57. The van der Waals surface area contributed by atoms with Crippen LogP contribution in [0.25, 0.3) is 6.08 Å². The number of nitrogens with zero attached hydrogens (tertiary/aromatic N) is 1. The van der Waals surface area contributed by atoms with Crippen molar-refractivity contribution in [3.63, 3.8) is 0 Å². The maximum atomic E-state index is 12.8. The molecule has 1 amide bonds. The summed E-state index contributed by atoms with van der Waals surface area (Å²) in [5.41, 5.74) is 1.28. The standard InChI is InChI=1S/C16H14ClFN2O2/c17-15-9-11(7-8-19-15)1-6-16(22)20-10-14(21)12-2-4-13(18)5-3-12/h1-9,14,21H,10H2,(H,20,22)/b6-1+. The summed E-state index contributed by atoms with van der Waals surface area (Å²) in [6, 6.07) is 8.80. The largest absolute Gasteiger partial charge is 0.387 e. The smallest absolute Gasteiger partial charge is 0.244 e. The van der Waals surface area contributed by atoms with Gasteiger partial charge in [0.2, 0.25) is 5.91 Å². The molecular formula is C16H14ClFN2O2. The molecule has 0 aliphatic heterocycles. The van der Waals surface area contributed by atoms with Crippen LogP contribution in [0.2, 0.25) is 5.15 Å². The molecule has 2 N–H and O–H groups in total. The third-order valence-corrected chi connectivity index (χ3v) is 3.11. The maximum Gasteiger partial charge on any atom is 0.244 e. The Kier molecular flexibility index (Phi) is 5.63. The van der Waals surface area contributed by atoms with E-state index in [9.17, 15) is 14.3 Å². The molecule has 1 aromatic carbocycles. The summed E-state index contributed by atoms with van der Waals surface area (Å²) in [6.45, 7) is 0.0336. The van der Waals surface area contributed by atoms with E-state index < -0.39 is 6.10 Å². The highest BCUT2D eigenvalue weighted by atomic mass is 35.5. The fourth-order valence-electron chi connectivity index (χ4n) is 1.75. The summed E-state index contributed by atoms with van der Waals surface area (Å²) < 4.78 is 12.8. The number of aromatic nitrogens is 1. The van der Waals surface area contributed by atoms with E-state index in [1.54, 1.807) is 18.2 Å². The van der Waals surface area contributed by atoms with Crippen LogP contribution in [0.3, 0.4) is 0 Å². The minimum absolute atomic E-state index is 0.0336. The van der Waals surface area contributed by atoms with Crippen molar-refractivity contribution in [2.75, 3.05) is 6.54 Å². The van der Waals surface area contributed by atoms with E-state index in [4.69, 9.17) is 11.6 Å². The molecule has 22 heavy (non-hydrogen) atoms. The monoisotopic (exact) mass is 320 g/mol. The first kappa shape index (κ1) is 16.1. The van der Waals surface area contributed by atoms with Gasteiger partial charge < -0.3 is 10.4 Å². The second-order valence-corrected chi connectivity index (χ2v) is 4.94. The molecule has 0 saturated heterocycles. The lowest BCUT2D eigenvalue weighted by Crippen LogP contribution is -2.26. The minimum atomic E-state index is -0.895. The maximum absolute atomic E-state index is 12.8. The normalized spacial score (nSPS) is 12.3. The van der Waals surface area contributed by atoms with Gasteiger partial charge >= 0.3 is 0 Å². The van der Waals surface area contributed by atoms with Gasteiger partial charge in [-0.05, 0) is 41.5 Å². The van der Waals surface area contributed by atoms with Crippen LogP contribution < -0.4 is 5.32 Å². The van der Waals surface area contributed by atoms with Crippen LogP contribution in [0.4, 0.5) is 4.39 Å². The van der Waals surface area contributed by atoms with Gasteiger partial charge in [-0.2, -0.15) is 0 Å². The minimum Gasteiger partial charge on any atom is -0.387 e. The Hall–Kier alpha value is -2.24. The Labute approximate surface area is 132 Å². The van der Waals surface area contributed by atoms with Gasteiger partial charge in [-0.1, -0.05) is 23.7 Å². The Morgan fingerprint density at radius 1 is 1.36 bits per heavy atom. The molecule has 0 aliphatic carbocycles. The summed E-state index contributed by atoms with van der Waals surface area (Å²) in [4.78, 5) is 15.5. The van der Waals surface area contributed by atoms with Gasteiger partial charge in [0.05, 0.1) is 6.10 Å². The van der Waals surface area contributed by atoms with E-state index in [1.807, 2.05) is 0 Å². The Morgan fingerprint density at radius 3 is 2.77 bits per heavy atom. The van der Waals surface area contributed by atoms with Crippen molar-refractivity contribution in [1.82, 2.24) is 10.3 Å². The van der Waals surface area contributed by atoms with Gasteiger partial charge in [-0.15, -0.1) is 0 Å². The van der Waals surface area contributed by atoms with Crippen LogP contribution in [-0.2, 0) is 4.79 Å². The first-order chi connectivity index (χ1) is 10.5. The molecule has 1 heterocycles. The summed E-state index contributed by atoms with van der Waals surface area (Å²) in [7, 11) is 0. The van der Waals surface area contributed by atoms with Crippen molar-refractivity contribution >= 4 is 23.6 Å². The fourth-order valence-corrected chi connectivity index (χ4v) is 1.93. The fraction of sp³-hybridized carbons (Fsp3) is 0.125. The molecule has 0 fully saturated rings. The number of carbonyl (C=O) groups excluding carboxylic acids is 1. The lowest BCUT2D eigenvalue weighted by atomic mass is 10.1. The van der Waals surface area contributed by atoms with Crippen molar-refractivity contribution in [2.45, 2.75) is 6.10 Å². The predicted molar refractivity (Wildman–Crippen MR) is 82.7 cm³/mol. The van der Waals surface area contributed by atoms with Crippen LogP contribution in [0.1, 0.15) is 17.2 Å². The van der Waals surface area contributed by atoms with Crippen LogP contribution in [0.5, 0.6) is 0 Å². The Bertz CT molecular complexity index is 674. The van der Waals surface area contributed by atoms with Crippen molar-refractivity contribution in [3.05, 3.63) is 70.8 Å². The number of amides is 1. The van der Waals surface area contributed by atoms with Crippen LogP contribution in [0, 0.1) is 5.82 Å². The van der Waals surface area contributed by atoms with Gasteiger partial charge in [-0.3, -0.25) is 4.79 Å². The van der Waals surface area contributed by atoms with E-state index in [2.05, 4.69) is 10.3 Å². The number of rotatable bonds is 5. The highest BCUT2D eigenvalue weighted by molar-refractivity contribution is 6.29. The first-order valence-corrected chi connectivity index (χ1v) is 6.93. The van der Waals surface area contributed by atoms with Crippen molar-refractivity contribution < 1.29 is 14.3 Å². The number of carbonyl (C=O) groups is 1. The molecule has 1 unspecified atom stereocenters. The Morgan fingerprint density at radius 2 is 2.09 bits per heavy atom. The molecule has 4 nitrogen and oxygen atoms in total. The first-order valence-electron chi connectivity index (χ1n) is 6.55. The predicted octanol–water partition coefficient (Wildman–Crippen LogP) is 2.74. The van der Waals surface area contributed by atoms with Crippen molar-refractivity contribution in [3.8, 4) is 0 Å². The highest BCUT2D eigenvalue weighted by Gasteiger charge is 2.08. The average molecular weight is 321 g/mol. The number of hydrogen-bond acceptors (Lipinski definition) is 3. The second-order valence-electron chi connectivity index (χ2n) is 4.56. The zero-order valence-electron chi connectivity index (χ0n) is 11.5. The summed E-state index contributed by atoms with van der Waals surface area (Å²) in [5.74, 6) is -0.729. The van der Waals surface area contributed by atoms with E-state index in [0.29, 0.717) is 10.7 Å². The topological polar surface area (TPSA) is 62.2 Å². The number of hydrogen-bond donors (Lipinski definition) is 2. The van der Waals surface area contributed by atoms with E-state index in [-0.39, 0.29) is 18.3 Å². The summed E-state index contributed by atoms with van der Waals surface area (Å²) in [5, 5.41) is 12.8. The van der Waals surface area contributed by atoms with Crippen LogP contribution in [0.15, 0.2) is 48.7 Å². The molecule has 114 valence electrons. The molecule has 0 bridgehead atoms. The number of benzene rings is 1. The molecule has 0 aliphatic rings. The number of nitrogens with one attached hydrogen (secondary N) is 1. The summed E-state index contributed by atoms with van der Waals surface area (Å²) >= 11 is 5.74. The van der Waals surface area contributed by atoms with E-state index in [1.165, 1.54) is 36.5 Å². The highest BCUT2D eigenvalue weighted by Crippen LogP contribution is 2.12. The van der Waals surface area contributed by atoms with Gasteiger partial charge in [0.25, 0.3) is 0 Å². The van der Waals surface area contributed by atoms with E-state index in [0.717, 1.165) is 5.56 Å². The van der Waals surface area contributed by atoms with Crippen molar-refractivity contribution in [1.29, 1.82) is 0 Å². The third-order valence-electron chi connectivity index (χ3n) is 2.90. The molecule has 1 aromatic heterocycles. The number of aliphatic hydroxyl groups excluding tert-OH is 1.